The molecule has 1 aromatic rings. The topological polar surface area (TPSA) is 38.8 Å². The maximum Gasteiger partial charge on any atom is 0.410 e. The average molecular weight is 281 g/mol. The van der Waals surface area contributed by atoms with Crippen LogP contribution in [-0.4, -0.2) is 36.3 Å². The Morgan fingerprint density at radius 2 is 2.00 bits per heavy atom. The van der Waals surface area contributed by atoms with Gasteiger partial charge in [-0.3, -0.25) is 0 Å². The standard InChI is InChI=1S/C15H20FNO3/c1-15(2,3)20-14(18)17-8-9-19-13(10-17)11-4-6-12(16)7-5-11/h4-7,13H,8-10H2,1-3H3. The molecule has 5 heteroatoms. The summed E-state index contributed by atoms with van der Waals surface area (Å²) in [5.74, 6) is -0.284. The lowest BCUT2D eigenvalue weighted by Crippen LogP contribution is -2.44. The Kier molecular flexibility index (Phi) is 4.28. The Labute approximate surface area is 118 Å². The first-order valence-electron chi connectivity index (χ1n) is 6.70. The van der Waals surface area contributed by atoms with E-state index in [4.69, 9.17) is 9.47 Å². The van der Waals surface area contributed by atoms with Gasteiger partial charge in [0.1, 0.15) is 17.5 Å². The van der Waals surface area contributed by atoms with Crippen molar-refractivity contribution in [1.29, 1.82) is 0 Å². The van der Waals surface area contributed by atoms with Crippen LogP contribution in [0.25, 0.3) is 0 Å². The Morgan fingerprint density at radius 1 is 1.35 bits per heavy atom. The molecular formula is C15H20FNO3. The lowest BCUT2D eigenvalue weighted by molar-refractivity contribution is -0.0433. The highest BCUT2D eigenvalue weighted by atomic mass is 19.1. The van der Waals surface area contributed by atoms with E-state index >= 15 is 0 Å². The predicted octanol–water partition coefficient (Wildman–Crippen LogP) is 3.13. The second-order valence-electron chi connectivity index (χ2n) is 5.84. The number of amides is 1. The highest BCUT2D eigenvalue weighted by molar-refractivity contribution is 5.68. The number of carbonyl (C=O) groups excluding carboxylic acids is 1. The lowest BCUT2D eigenvalue weighted by Gasteiger charge is -2.34. The molecule has 1 aromatic carbocycles. The molecule has 0 aromatic heterocycles. The molecule has 0 bridgehead atoms. The summed E-state index contributed by atoms with van der Waals surface area (Å²) in [4.78, 5) is 13.7. The minimum Gasteiger partial charge on any atom is -0.444 e. The molecule has 110 valence electrons. The molecule has 0 aliphatic carbocycles. The largest absolute Gasteiger partial charge is 0.444 e. The molecule has 1 heterocycles. The van der Waals surface area contributed by atoms with E-state index in [2.05, 4.69) is 0 Å². The zero-order valence-electron chi connectivity index (χ0n) is 12.1. The van der Waals surface area contributed by atoms with E-state index in [1.165, 1.54) is 12.1 Å². The van der Waals surface area contributed by atoms with Crippen molar-refractivity contribution in [1.82, 2.24) is 4.90 Å². The number of hydrogen-bond acceptors (Lipinski definition) is 3. The molecule has 1 amide bonds. The summed E-state index contributed by atoms with van der Waals surface area (Å²) >= 11 is 0. The number of morpholine rings is 1. The average Bonchev–Trinajstić information content (AvgIpc) is 2.38. The highest BCUT2D eigenvalue weighted by Gasteiger charge is 2.28. The van der Waals surface area contributed by atoms with Crippen LogP contribution in [0.5, 0.6) is 0 Å². The van der Waals surface area contributed by atoms with E-state index in [9.17, 15) is 9.18 Å². The van der Waals surface area contributed by atoms with Gasteiger partial charge in [0.05, 0.1) is 13.2 Å². The molecule has 2 rings (SSSR count). The van der Waals surface area contributed by atoms with E-state index < -0.39 is 5.60 Å². The zero-order chi connectivity index (χ0) is 14.8. The van der Waals surface area contributed by atoms with Crippen molar-refractivity contribution in [3.05, 3.63) is 35.6 Å². The van der Waals surface area contributed by atoms with Crippen LogP contribution in [0.3, 0.4) is 0 Å². The maximum atomic E-state index is 12.9. The molecule has 1 atom stereocenters. The Bertz CT molecular complexity index is 467. The highest BCUT2D eigenvalue weighted by Crippen LogP contribution is 2.23. The lowest BCUT2D eigenvalue weighted by atomic mass is 10.1. The number of benzene rings is 1. The number of ether oxygens (including phenoxy) is 2. The third kappa shape index (κ3) is 3.93. The van der Waals surface area contributed by atoms with Crippen LogP contribution in [-0.2, 0) is 9.47 Å². The third-order valence-electron chi connectivity index (χ3n) is 2.96. The fourth-order valence-electron chi connectivity index (χ4n) is 2.02. The molecule has 4 nitrogen and oxygen atoms in total. The van der Waals surface area contributed by atoms with Gasteiger partial charge in [0.2, 0.25) is 0 Å². The van der Waals surface area contributed by atoms with Crippen molar-refractivity contribution in [2.75, 3.05) is 19.7 Å². The van der Waals surface area contributed by atoms with Crippen molar-refractivity contribution < 1.29 is 18.7 Å². The van der Waals surface area contributed by atoms with E-state index in [1.807, 2.05) is 20.8 Å². The monoisotopic (exact) mass is 281 g/mol. The van der Waals surface area contributed by atoms with E-state index in [0.717, 1.165) is 5.56 Å². The van der Waals surface area contributed by atoms with Gasteiger partial charge in [0, 0.05) is 6.54 Å². The van der Waals surface area contributed by atoms with Gasteiger partial charge in [-0.2, -0.15) is 0 Å². The number of nitrogens with zero attached hydrogens (tertiary/aromatic N) is 1. The number of halogens is 1. The normalized spacial score (nSPS) is 19.8. The van der Waals surface area contributed by atoms with Crippen LogP contribution in [0.1, 0.15) is 32.4 Å². The number of carbonyl (C=O) groups is 1. The maximum absolute atomic E-state index is 12.9. The van der Waals surface area contributed by atoms with Crippen molar-refractivity contribution in [2.45, 2.75) is 32.5 Å². The van der Waals surface area contributed by atoms with Crippen LogP contribution < -0.4 is 0 Å². The first-order valence-corrected chi connectivity index (χ1v) is 6.70. The molecule has 0 N–H and O–H groups in total. The molecule has 20 heavy (non-hydrogen) atoms. The fraction of sp³-hybridized carbons (Fsp3) is 0.533. The number of rotatable bonds is 1. The minimum absolute atomic E-state index is 0.239. The third-order valence-corrected chi connectivity index (χ3v) is 2.96. The summed E-state index contributed by atoms with van der Waals surface area (Å²) in [5, 5.41) is 0. The molecule has 1 saturated heterocycles. The predicted molar refractivity (Wildman–Crippen MR) is 72.9 cm³/mol. The smallest absolute Gasteiger partial charge is 0.410 e. The van der Waals surface area contributed by atoms with E-state index in [-0.39, 0.29) is 18.0 Å². The van der Waals surface area contributed by atoms with Crippen molar-refractivity contribution in [3.63, 3.8) is 0 Å². The van der Waals surface area contributed by atoms with Gasteiger partial charge < -0.3 is 14.4 Å². The molecule has 1 aliphatic heterocycles. The van der Waals surface area contributed by atoms with Crippen LogP contribution in [0.2, 0.25) is 0 Å². The number of hydrogen-bond donors (Lipinski definition) is 0. The Morgan fingerprint density at radius 3 is 2.60 bits per heavy atom. The molecule has 1 unspecified atom stereocenters. The first-order chi connectivity index (χ1) is 9.35. The van der Waals surface area contributed by atoms with Gasteiger partial charge >= 0.3 is 6.09 Å². The molecular weight excluding hydrogens is 261 g/mol. The van der Waals surface area contributed by atoms with Crippen LogP contribution >= 0.6 is 0 Å². The fourth-order valence-corrected chi connectivity index (χ4v) is 2.02. The van der Waals surface area contributed by atoms with Crippen LogP contribution in [0, 0.1) is 5.82 Å². The minimum atomic E-state index is -0.513. The van der Waals surface area contributed by atoms with Crippen molar-refractivity contribution in [3.8, 4) is 0 Å². The van der Waals surface area contributed by atoms with Crippen LogP contribution in [0.15, 0.2) is 24.3 Å². The van der Waals surface area contributed by atoms with Crippen LogP contribution in [0.4, 0.5) is 9.18 Å². The first kappa shape index (κ1) is 14.8. The second-order valence-corrected chi connectivity index (χ2v) is 5.84. The van der Waals surface area contributed by atoms with Gasteiger partial charge in [0.25, 0.3) is 0 Å². The summed E-state index contributed by atoms with van der Waals surface area (Å²) in [5.41, 5.74) is 0.348. The summed E-state index contributed by atoms with van der Waals surface area (Å²) in [6.07, 6.45) is -0.579. The van der Waals surface area contributed by atoms with Gasteiger partial charge in [0.15, 0.2) is 0 Å². The molecule has 1 aliphatic rings. The van der Waals surface area contributed by atoms with Gasteiger partial charge in [-0.15, -0.1) is 0 Å². The van der Waals surface area contributed by atoms with Gasteiger partial charge in [-0.25, -0.2) is 9.18 Å². The summed E-state index contributed by atoms with van der Waals surface area (Å²) in [6.45, 7) is 6.88. The summed E-state index contributed by atoms with van der Waals surface area (Å²) < 4.78 is 23.9. The quantitative estimate of drug-likeness (QED) is 0.794. The zero-order valence-corrected chi connectivity index (χ0v) is 12.1. The van der Waals surface area contributed by atoms with Crippen molar-refractivity contribution in [2.24, 2.45) is 0 Å². The summed E-state index contributed by atoms with van der Waals surface area (Å²) in [6, 6.07) is 6.15. The molecule has 0 radical (unpaired) electrons. The summed E-state index contributed by atoms with van der Waals surface area (Å²) in [7, 11) is 0. The SMILES string of the molecule is CC(C)(C)OC(=O)N1CCOC(c2ccc(F)cc2)C1. The molecule has 1 fully saturated rings. The Hall–Kier alpha value is -1.62. The van der Waals surface area contributed by atoms with Crippen molar-refractivity contribution >= 4 is 6.09 Å². The molecule has 0 spiro atoms. The molecule has 0 saturated carbocycles. The van der Waals surface area contributed by atoms with Gasteiger partial charge in [-0.1, -0.05) is 12.1 Å². The van der Waals surface area contributed by atoms with E-state index in [0.29, 0.717) is 19.7 Å². The second kappa shape index (κ2) is 5.79. The van der Waals surface area contributed by atoms with E-state index in [1.54, 1.807) is 17.0 Å². The Balaban J connectivity index is 2.01. The van der Waals surface area contributed by atoms with Gasteiger partial charge in [-0.05, 0) is 38.5 Å².